The summed E-state index contributed by atoms with van der Waals surface area (Å²) in [5.41, 5.74) is 1.38. The van der Waals surface area contributed by atoms with Crippen molar-refractivity contribution in [3.63, 3.8) is 0 Å². The van der Waals surface area contributed by atoms with E-state index in [9.17, 15) is 0 Å². The molecule has 0 amide bonds. The summed E-state index contributed by atoms with van der Waals surface area (Å²) in [7, 11) is 2.03. The fraction of sp³-hybridized carbons (Fsp3) is 0.297. The molecule has 3 aliphatic heterocycles. The number of rotatable bonds is 2. The lowest BCUT2D eigenvalue weighted by Gasteiger charge is -2.52. The van der Waals surface area contributed by atoms with Gasteiger partial charge in [0, 0.05) is 56.3 Å². The Labute approximate surface area is 282 Å². The van der Waals surface area contributed by atoms with E-state index in [1.807, 2.05) is 49.5 Å². The lowest BCUT2D eigenvalue weighted by molar-refractivity contribution is -0.134. The Balaban J connectivity index is 1.48. The molecule has 4 aromatic rings. The van der Waals surface area contributed by atoms with Crippen molar-refractivity contribution in [1.29, 1.82) is 0 Å². The standard InChI is InChI=1S/C37H30Cl4N2O2/c1-42-19-23(16-22-11-12-24(38)17-29(22)40)34(44)36(20-42)33(26-14-13-25(39)18-30(26)41)31-10-2-3-15-43(31)37(36)28-9-5-7-21-6-4-8-27(32(21)28)35(37)45/h4-9,11-14,16-18,31,33H,2-3,10,15,19-20H2,1H3/b23-16+/t31-,33-,36-,37-/m0/s1. The third-order valence-electron chi connectivity index (χ3n) is 10.7. The van der Waals surface area contributed by atoms with Crippen LogP contribution in [0.4, 0.5) is 0 Å². The van der Waals surface area contributed by atoms with Crippen molar-refractivity contribution in [2.24, 2.45) is 5.41 Å². The largest absolute Gasteiger partial charge is 0.301 e. The number of likely N-dealkylation sites (N-methyl/N-ethyl adjacent to an activating group) is 1. The molecule has 8 heteroatoms. The molecule has 3 heterocycles. The van der Waals surface area contributed by atoms with Gasteiger partial charge in [-0.25, -0.2) is 0 Å². The second kappa shape index (κ2) is 10.7. The van der Waals surface area contributed by atoms with Crippen LogP contribution in [0.25, 0.3) is 16.8 Å². The predicted molar refractivity (Wildman–Crippen MR) is 183 cm³/mol. The molecule has 0 saturated carbocycles. The Morgan fingerprint density at radius 3 is 2.33 bits per heavy atom. The Morgan fingerprint density at radius 2 is 1.58 bits per heavy atom. The molecule has 45 heavy (non-hydrogen) atoms. The summed E-state index contributed by atoms with van der Waals surface area (Å²) < 4.78 is 0. The van der Waals surface area contributed by atoms with Crippen LogP contribution in [-0.4, -0.2) is 54.1 Å². The highest BCUT2D eigenvalue weighted by atomic mass is 35.5. The molecule has 0 bridgehead atoms. The highest BCUT2D eigenvalue weighted by Gasteiger charge is 2.77. The Morgan fingerprint density at radius 1 is 0.844 bits per heavy atom. The van der Waals surface area contributed by atoms with Crippen LogP contribution in [0.15, 0.2) is 78.4 Å². The van der Waals surface area contributed by atoms with E-state index in [-0.39, 0.29) is 23.5 Å². The summed E-state index contributed by atoms with van der Waals surface area (Å²) in [6, 6.07) is 22.9. The van der Waals surface area contributed by atoms with Crippen LogP contribution in [0.2, 0.25) is 20.1 Å². The molecule has 0 N–H and O–H groups in total. The molecule has 3 saturated heterocycles. The SMILES string of the molecule is CN1C/C(=C\c2ccc(Cl)cc2Cl)C(=O)[C@]2(C1)[C@@H](c1ccc(Cl)cc1Cl)[C@@H]1CCCCN1[C@@]21C(=O)c2cccc3cccc1c23. The Hall–Kier alpha value is -2.70. The molecule has 0 aromatic heterocycles. The van der Waals surface area contributed by atoms with Gasteiger partial charge in [0.1, 0.15) is 5.54 Å². The number of carbonyl (C=O) groups excluding carboxylic acids is 2. The first-order valence-electron chi connectivity index (χ1n) is 15.4. The molecule has 0 unspecified atom stereocenters. The quantitative estimate of drug-likeness (QED) is 0.199. The van der Waals surface area contributed by atoms with Crippen molar-refractivity contribution in [3.8, 4) is 0 Å². The van der Waals surface area contributed by atoms with Gasteiger partial charge in [-0.15, -0.1) is 0 Å². The summed E-state index contributed by atoms with van der Waals surface area (Å²) in [5, 5.41) is 4.00. The molecule has 1 aliphatic carbocycles. The first kappa shape index (κ1) is 29.7. The van der Waals surface area contributed by atoms with Crippen LogP contribution < -0.4 is 0 Å². The summed E-state index contributed by atoms with van der Waals surface area (Å²) >= 11 is 26.4. The third-order valence-corrected chi connectivity index (χ3v) is 11.8. The molecule has 4 nitrogen and oxygen atoms in total. The number of carbonyl (C=O) groups is 2. The summed E-state index contributed by atoms with van der Waals surface area (Å²) in [5.74, 6) is -0.396. The number of fused-ring (bicyclic) bond motifs is 4. The van der Waals surface area contributed by atoms with Crippen molar-refractivity contribution in [3.05, 3.63) is 121 Å². The van der Waals surface area contributed by atoms with Gasteiger partial charge >= 0.3 is 0 Å². The molecule has 4 atom stereocenters. The number of benzene rings is 4. The van der Waals surface area contributed by atoms with Gasteiger partial charge in [0.25, 0.3) is 0 Å². The molecule has 228 valence electrons. The van der Waals surface area contributed by atoms with Gasteiger partial charge in [-0.3, -0.25) is 14.5 Å². The van der Waals surface area contributed by atoms with Crippen molar-refractivity contribution < 1.29 is 9.59 Å². The van der Waals surface area contributed by atoms with Gasteiger partial charge in [0.15, 0.2) is 11.6 Å². The molecular weight excluding hydrogens is 646 g/mol. The van der Waals surface area contributed by atoms with Gasteiger partial charge in [-0.1, -0.05) is 101 Å². The number of piperidine rings is 2. The first-order valence-corrected chi connectivity index (χ1v) is 16.9. The molecule has 8 rings (SSSR count). The average Bonchev–Trinajstić information content (AvgIpc) is 3.42. The zero-order chi connectivity index (χ0) is 31.2. The highest BCUT2D eigenvalue weighted by molar-refractivity contribution is 6.36. The lowest BCUT2D eigenvalue weighted by atomic mass is 9.54. The van der Waals surface area contributed by atoms with Crippen molar-refractivity contribution in [1.82, 2.24) is 9.80 Å². The fourth-order valence-corrected chi connectivity index (χ4v) is 10.3. The van der Waals surface area contributed by atoms with Gasteiger partial charge in [-0.2, -0.15) is 0 Å². The van der Waals surface area contributed by atoms with Crippen molar-refractivity contribution >= 4 is 74.8 Å². The molecule has 0 radical (unpaired) electrons. The van der Waals surface area contributed by atoms with E-state index in [2.05, 4.69) is 28.0 Å². The summed E-state index contributed by atoms with van der Waals surface area (Å²) in [6.07, 6.45) is 4.69. The number of nitrogens with zero attached hydrogens (tertiary/aromatic N) is 2. The zero-order valence-corrected chi connectivity index (χ0v) is 27.6. The van der Waals surface area contributed by atoms with Gasteiger partial charge < -0.3 is 4.90 Å². The number of halogens is 4. The predicted octanol–water partition coefficient (Wildman–Crippen LogP) is 9.08. The van der Waals surface area contributed by atoms with Crippen LogP contribution in [0.5, 0.6) is 0 Å². The molecule has 2 spiro atoms. The van der Waals surface area contributed by atoms with Crippen LogP contribution in [0.1, 0.15) is 52.2 Å². The van der Waals surface area contributed by atoms with Gasteiger partial charge in [-0.05, 0) is 84.2 Å². The average molecular weight is 676 g/mol. The zero-order valence-electron chi connectivity index (χ0n) is 24.6. The Kier molecular flexibility index (Phi) is 7.04. The van der Waals surface area contributed by atoms with Crippen LogP contribution in [-0.2, 0) is 10.3 Å². The number of ketones is 2. The fourth-order valence-electron chi connectivity index (χ4n) is 9.27. The summed E-state index contributed by atoms with van der Waals surface area (Å²) in [6.45, 7) is 1.53. The summed E-state index contributed by atoms with van der Waals surface area (Å²) in [4.78, 5) is 35.8. The normalized spacial score (nSPS) is 29.0. The monoisotopic (exact) mass is 674 g/mol. The maximum Gasteiger partial charge on any atom is 0.189 e. The smallest absolute Gasteiger partial charge is 0.189 e. The number of hydrogen-bond acceptors (Lipinski definition) is 4. The number of likely N-dealkylation sites (tertiary alicyclic amines) is 1. The van der Waals surface area contributed by atoms with E-state index in [0.29, 0.717) is 56.4 Å². The minimum Gasteiger partial charge on any atom is -0.301 e. The van der Waals surface area contributed by atoms with E-state index < -0.39 is 11.0 Å². The van der Waals surface area contributed by atoms with E-state index in [0.717, 1.165) is 41.2 Å². The van der Waals surface area contributed by atoms with E-state index in [1.165, 1.54) is 0 Å². The van der Waals surface area contributed by atoms with E-state index >= 15 is 9.59 Å². The molecule has 3 fully saturated rings. The van der Waals surface area contributed by atoms with E-state index in [4.69, 9.17) is 46.4 Å². The van der Waals surface area contributed by atoms with Gasteiger partial charge in [0.2, 0.25) is 0 Å². The maximum absolute atomic E-state index is 15.7. The van der Waals surface area contributed by atoms with Crippen molar-refractivity contribution in [2.45, 2.75) is 36.8 Å². The molecule has 4 aliphatic rings. The minimum absolute atomic E-state index is 0.00121. The molecular formula is C37H30Cl4N2O2. The number of hydrogen-bond donors (Lipinski definition) is 0. The highest BCUT2D eigenvalue weighted by Crippen LogP contribution is 2.69. The third kappa shape index (κ3) is 4.00. The van der Waals surface area contributed by atoms with Gasteiger partial charge in [0.05, 0.1) is 5.41 Å². The topological polar surface area (TPSA) is 40.6 Å². The van der Waals surface area contributed by atoms with Crippen LogP contribution in [0, 0.1) is 5.41 Å². The maximum atomic E-state index is 15.7. The van der Waals surface area contributed by atoms with E-state index in [1.54, 1.807) is 18.2 Å². The van der Waals surface area contributed by atoms with Crippen molar-refractivity contribution in [2.75, 3.05) is 26.7 Å². The second-order valence-electron chi connectivity index (χ2n) is 13.0. The second-order valence-corrected chi connectivity index (χ2v) is 14.6. The minimum atomic E-state index is -1.22. The Bertz CT molecular complexity index is 1970. The first-order chi connectivity index (χ1) is 21.7. The number of Topliss-reactive ketones (excluding diaryl/α,β-unsaturated/α-hetero) is 2. The van der Waals surface area contributed by atoms with Crippen LogP contribution in [0.3, 0.4) is 0 Å². The molecule has 4 aromatic carbocycles. The van der Waals surface area contributed by atoms with Crippen LogP contribution >= 0.6 is 46.4 Å². The lowest BCUT2D eigenvalue weighted by Crippen LogP contribution is -2.65.